The second-order valence-electron chi connectivity index (χ2n) is 1.91. The van der Waals surface area contributed by atoms with Gasteiger partial charge in [-0.1, -0.05) is 17.7 Å². The normalized spacial score (nSPS) is 9.18. The van der Waals surface area contributed by atoms with Crippen LogP contribution in [0.2, 0.25) is 5.15 Å². The third-order valence-corrected chi connectivity index (χ3v) is 1.26. The highest BCUT2D eigenvalue weighted by Crippen LogP contribution is 2.04. The summed E-state index contributed by atoms with van der Waals surface area (Å²) >= 11 is 5.52. The molecule has 0 saturated carbocycles. The predicted molar refractivity (Wildman–Crippen MR) is 45.7 cm³/mol. The zero-order valence-electron chi connectivity index (χ0n) is 5.92. The molecule has 1 aromatic heterocycles. The Bertz CT molecular complexity index is 232. The zero-order chi connectivity index (χ0) is 8.10. The number of nitrogens with one attached hydrogen (secondary N) is 1. The highest BCUT2D eigenvalue weighted by Gasteiger charge is 1.91. The van der Waals surface area contributed by atoms with Gasteiger partial charge in [-0.25, -0.2) is 0 Å². The second-order valence-corrected chi connectivity index (χ2v) is 2.30. The van der Waals surface area contributed by atoms with Gasteiger partial charge in [0.15, 0.2) is 5.15 Å². The van der Waals surface area contributed by atoms with Crippen LogP contribution in [0.1, 0.15) is 0 Å². The summed E-state index contributed by atoms with van der Waals surface area (Å²) in [6.07, 6.45) is 1.75. The fourth-order valence-electron chi connectivity index (χ4n) is 0.587. The molecule has 58 valence electrons. The van der Waals surface area contributed by atoms with E-state index in [0.29, 0.717) is 17.5 Å². The van der Waals surface area contributed by atoms with Crippen LogP contribution < -0.4 is 5.32 Å². The summed E-state index contributed by atoms with van der Waals surface area (Å²) in [7, 11) is 0. The Labute approximate surface area is 70.1 Å². The van der Waals surface area contributed by atoms with Crippen molar-refractivity contribution < 1.29 is 0 Å². The summed E-state index contributed by atoms with van der Waals surface area (Å²) in [6, 6.07) is 3.44. The maximum Gasteiger partial charge on any atom is 0.151 e. The van der Waals surface area contributed by atoms with Crippen molar-refractivity contribution in [2.24, 2.45) is 0 Å². The van der Waals surface area contributed by atoms with Gasteiger partial charge in [-0.05, 0) is 12.1 Å². The van der Waals surface area contributed by atoms with E-state index in [9.17, 15) is 0 Å². The average molecular weight is 170 g/mol. The fourth-order valence-corrected chi connectivity index (χ4v) is 0.688. The van der Waals surface area contributed by atoms with E-state index in [1.165, 1.54) is 0 Å². The van der Waals surface area contributed by atoms with Gasteiger partial charge in [-0.3, -0.25) is 0 Å². The van der Waals surface area contributed by atoms with Gasteiger partial charge < -0.3 is 5.32 Å². The number of hydrogen-bond donors (Lipinski definition) is 1. The van der Waals surface area contributed by atoms with Gasteiger partial charge in [-0.2, -0.15) is 0 Å². The molecule has 0 radical (unpaired) electrons. The van der Waals surface area contributed by atoms with E-state index in [4.69, 9.17) is 11.6 Å². The van der Waals surface area contributed by atoms with Crippen molar-refractivity contribution in [3.05, 3.63) is 29.9 Å². The Morgan fingerprint density at radius 1 is 1.55 bits per heavy atom. The minimum absolute atomic E-state index is 0.397. The van der Waals surface area contributed by atoms with Crippen molar-refractivity contribution in [1.29, 1.82) is 0 Å². The number of halogens is 1. The summed E-state index contributed by atoms with van der Waals surface area (Å²) in [4.78, 5) is 0. The lowest BCUT2D eigenvalue weighted by Gasteiger charge is -1.98. The molecule has 0 fully saturated rings. The molecule has 1 aromatic rings. The second kappa shape index (κ2) is 3.93. The van der Waals surface area contributed by atoms with Gasteiger partial charge in [0, 0.05) is 6.54 Å². The molecule has 1 rings (SSSR count). The average Bonchev–Trinajstić information content (AvgIpc) is 2.04. The molecule has 0 bridgehead atoms. The highest BCUT2D eigenvalue weighted by molar-refractivity contribution is 6.29. The first-order valence-corrected chi connectivity index (χ1v) is 3.54. The van der Waals surface area contributed by atoms with Gasteiger partial charge in [0.05, 0.1) is 0 Å². The van der Waals surface area contributed by atoms with Gasteiger partial charge in [-0.15, -0.1) is 16.8 Å². The van der Waals surface area contributed by atoms with Gasteiger partial charge in [0.2, 0.25) is 0 Å². The van der Waals surface area contributed by atoms with Crippen molar-refractivity contribution in [2.75, 3.05) is 11.9 Å². The third kappa shape index (κ3) is 2.55. The number of rotatable bonds is 3. The molecule has 0 unspecified atom stereocenters. The van der Waals surface area contributed by atoms with Crippen molar-refractivity contribution in [3.63, 3.8) is 0 Å². The fraction of sp³-hybridized carbons (Fsp3) is 0.143. The Hall–Kier alpha value is -1.09. The molecule has 4 heteroatoms. The number of aromatic nitrogens is 2. The van der Waals surface area contributed by atoms with E-state index in [-0.39, 0.29) is 0 Å². The van der Waals surface area contributed by atoms with Crippen LogP contribution in [0.5, 0.6) is 0 Å². The first-order chi connectivity index (χ1) is 5.33. The zero-order valence-corrected chi connectivity index (χ0v) is 6.67. The van der Waals surface area contributed by atoms with Gasteiger partial charge in [0.1, 0.15) is 5.82 Å². The Morgan fingerprint density at radius 3 is 2.91 bits per heavy atom. The third-order valence-electron chi connectivity index (χ3n) is 1.06. The van der Waals surface area contributed by atoms with Crippen LogP contribution in [0.4, 0.5) is 5.82 Å². The molecule has 0 spiro atoms. The predicted octanol–water partition coefficient (Wildman–Crippen LogP) is 1.73. The number of nitrogens with zero attached hydrogens (tertiary/aromatic N) is 2. The summed E-state index contributed by atoms with van der Waals surface area (Å²) in [5.41, 5.74) is 0. The van der Waals surface area contributed by atoms with Crippen molar-refractivity contribution in [3.8, 4) is 0 Å². The van der Waals surface area contributed by atoms with Crippen molar-refractivity contribution in [1.82, 2.24) is 10.2 Å². The van der Waals surface area contributed by atoms with Crippen LogP contribution in [-0.4, -0.2) is 16.7 Å². The molecule has 0 aliphatic carbocycles. The minimum Gasteiger partial charge on any atom is -0.365 e. The molecule has 0 amide bonds. The molecule has 1 N–H and O–H groups in total. The lowest BCUT2D eigenvalue weighted by atomic mass is 10.5. The number of anilines is 1. The molecular weight excluding hydrogens is 162 g/mol. The summed E-state index contributed by atoms with van der Waals surface area (Å²) in [5.74, 6) is 0.703. The SMILES string of the molecule is C=CCNc1ccc(Cl)nn1. The number of hydrogen-bond acceptors (Lipinski definition) is 3. The maximum atomic E-state index is 5.52. The molecular formula is C7H8ClN3. The van der Waals surface area contributed by atoms with Crippen LogP contribution in [-0.2, 0) is 0 Å². The molecule has 11 heavy (non-hydrogen) atoms. The summed E-state index contributed by atoms with van der Waals surface area (Å²) in [5, 5.41) is 10.8. The van der Waals surface area contributed by atoms with Gasteiger partial charge in [0.25, 0.3) is 0 Å². The highest BCUT2D eigenvalue weighted by atomic mass is 35.5. The van der Waals surface area contributed by atoms with E-state index in [1.54, 1.807) is 18.2 Å². The quantitative estimate of drug-likeness (QED) is 0.701. The van der Waals surface area contributed by atoms with Gasteiger partial charge >= 0.3 is 0 Å². The van der Waals surface area contributed by atoms with E-state index in [1.807, 2.05) is 0 Å². The minimum atomic E-state index is 0.397. The van der Waals surface area contributed by atoms with Crippen LogP contribution in [0.25, 0.3) is 0 Å². The molecule has 0 aliphatic rings. The molecule has 1 heterocycles. The van der Waals surface area contributed by atoms with Crippen molar-refractivity contribution >= 4 is 17.4 Å². The standard InChI is InChI=1S/C7H8ClN3/c1-2-5-9-7-4-3-6(8)10-11-7/h2-4H,1,5H2,(H,9,11). The molecule has 3 nitrogen and oxygen atoms in total. The van der Waals surface area contributed by atoms with E-state index in [0.717, 1.165) is 0 Å². The molecule has 0 atom stereocenters. The van der Waals surface area contributed by atoms with Crippen LogP contribution in [0, 0.1) is 0 Å². The van der Waals surface area contributed by atoms with Crippen LogP contribution in [0.15, 0.2) is 24.8 Å². The lowest BCUT2D eigenvalue weighted by molar-refractivity contribution is 1.02. The van der Waals surface area contributed by atoms with E-state index < -0.39 is 0 Å². The van der Waals surface area contributed by atoms with Crippen LogP contribution in [0.3, 0.4) is 0 Å². The van der Waals surface area contributed by atoms with Crippen molar-refractivity contribution in [2.45, 2.75) is 0 Å². The van der Waals surface area contributed by atoms with E-state index >= 15 is 0 Å². The Kier molecular flexibility index (Phi) is 2.86. The smallest absolute Gasteiger partial charge is 0.151 e. The summed E-state index contributed by atoms with van der Waals surface area (Å²) < 4.78 is 0. The largest absolute Gasteiger partial charge is 0.365 e. The molecule has 0 aliphatic heterocycles. The first kappa shape index (κ1) is 8.01. The summed E-state index contributed by atoms with van der Waals surface area (Å²) in [6.45, 7) is 4.23. The Balaban J connectivity index is 2.58. The molecule has 0 aromatic carbocycles. The van der Waals surface area contributed by atoms with Crippen LogP contribution >= 0.6 is 11.6 Å². The van der Waals surface area contributed by atoms with E-state index in [2.05, 4.69) is 22.1 Å². The molecule has 0 saturated heterocycles. The topological polar surface area (TPSA) is 37.8 Å². The first-order valence-electron chi connectivity index (χ1n) is 3.17. The maximum absolute atomic E-state index is 5.52. The lowest BCUT2D eigenvalue weighted by Crippen LogP contribution is -2.00. The monoisotopic (exact) mass is 169 g/mol. The Morgan fingerprint density at radius 2 is 2.36 bits per heavy atom.